The smallest absolute Gasteiger partial charge is 0.161 e. The molecule has 0 fully saturated rings. The van der Waals surface area contributed by atoms with Gasteiger partial charge in [-0.3, -0.25) is 0 Å². The molecule has 0 saturated carbocycles. The number of hydrogen-bond acceptors (Lipinski definition) is 5. The Hall–Kier alpha value is -2.24. The van der Waals surface area contributed by atoms with Gasteiger partial charge in [0, 0.05) is 16.3 Å². The van der Waals surface area contributed by atoms with Gasteiger partial charge in [0.15, 0.2) is 11.5 Å². The maximum atomic E-state index is 5.90. The summed E-state index contributed by atoms with van der Waals surface area (Å²) in [5.74, 6) is 2.18. The fourth-order valence-electron chi connectivity index (χ4n) is 2.28. The number of ether oxygens (including phenoxy) is 2. The molecule has 0 atom stereocenters. The van der Waals surface area contributed by atoms with Crippen LogP contribution in [0.15, 0.2) is 59.6 Å². The minimum absolute atomic E-state index is 0.669. The van der Waals surface area contributed by atoms with Gasteiger partial charge in [-0.15, -0.1) is 10.2 Å². The van der Waals surface area contributed by atoms with E-state index in [1.807, 2.05) is 54.6 Å². The largest absolute Gasteiger partial charge is 0.493 e. The van der Waals surface area contributed by atoms with Crippen LogP contribution in [0.3, 0.4) is 0 Å². The minimum Gasteiger partial charge on any atom is -0.493 e. The van der Waals surface area contributed by atoms with E-state index < -0.39 is 0 Å². The van der Waals surface area contributed by atoms with Gasteiger partial charge in [0.1, 0.15) is 5.03 Å². The van der Waals surface area contributed by atoms with Crippen LogP contribution in [-0.4, -0.2) is 24.4 Å². The molecule has 0 aliphatic rings. The van der Waals surface area contributed by atoms with Gasteiger partial charge in [0.2, 0.25) is 0 Å². The summed E-state index contributed by atoms with van der Waals surface area (Å²) in [5.41, 5.74) is 2.91. The molecule has 3 aromatic rings. The monoisotopic (exact) mass is 372 g/mol. The first-order valence-corrected chi connectivity index (χ1v) is 8.99. The molecule has 4 nitrogen and oxygen atoms in total. The fraction of sp³-hybridized carbons (Fsp3) is 0.158. The van der Waals surface area contributed by atoms with Crippen LogP contribution in [0.2, 0.25) is 5.02 Å². The fourth-order valence-corrected chi connectivity index (χ4v) is 3.18. The van der Waals surface area contributed by atoms with Gasteiger partial charge in [-0.05, 0) is 48.0 Å². The van der Waals surface area contributed by atoms with Crippen molar-refractivity contribution in [3.8, 4) is 22.8 Å². The SMILES string of the molecule is COc1ccc(-c2ccc(SCc3ccc(Cl)cc3)nn2)cc1OC. The van der Waals surface area contributed by atoms with E-state index in [4.69, 9.17) is 21.1 Å². The van der Waals surface area contributed by atoms with Crippen molar-refractivity contribution in [1.82, 2.24) is 10.2 Å². The molecule has 0 N–H and O–H groups in total. The standard InChI is InChI=1S/C19H17ClN2O2S/c1-23-17-9-5-14(11-18(17)24-2)16-8-10-19(22-21-16)25-12-13-3-6-15(20)7-4-13/h3-11H,12H2,1-2H3. The number of benzene rings is 2. The van der Waals surface area contributed by atoms with Crippen LogP contribution in [0, 0.1) is 0 Å². The van der Waals surface area contributed by atoms with E-state index in [0.29, 0.717) is 11.5 Å². The van der Waals surface area contributed by atoms with Crippen LogP contribution in [0.4, 0.5) is 0 Å². The highest BCUT2D eigenvalue weighted by atomic mass is 35.5. The lowest BCUT2D eigenvalue weighted by Crippen LogP contribution is -1.93. The molecule has 0 aliphatic heterocycles. The Labute approximate surface area is 156 Å². The highest BCUT2D eigenvalue weighted by molar-refractivity contribution is 7.98. The van der Waals surface area contributed by atoms with Crippen LogP contribution in [0.5, 0.6) is 11.5 Å². The Bertz CT molecular complexity index is 839. The number of aromatic nitrogens is 2. The molecule has 6 heteroatoms. The zero-order valence-electron chi connectivity index (χ0n) is 13.9. The van der Waals surface area contributed by atoms with Crippen molar-refractivity contribution in [2.45, 2.75) is 10.8 Å². The van der Waals surface area contributed by atoms with Crippen molar-refractivity contribution in [2.75, 3.05) is 14.2 Å². The Morgan fingerprint density at radius 1 is 0.880 bits per heavy atom. The summed E-state index contributed by atoms with van der Waals surface area (Å²) >= 11 is 7.53. The van der Waals surface area contributed by atoms with Gasteiger partial charge in [-0.2, -0.15) is 0 Å². The summed E-state index contributed by atoms with van der Waals surface area (Å²) < 4.78 is 10.6. The molecule has 1 aromatic heterocycles. The lowest BCUT2D eigenvalue weighted by Gasteiger charge is -2.09. The minimum atomic E-state index is 0.669. The van der Waals surface area contributed by atoms with E-state index in [9.17, 15) is 0 Å². The van der Waals surface area contributed by atoms with Crippen LogP contribution in [0.1, 0.15) is 5.56 Å². The van der Waals surface area contributed by atoms with Crippen molar-refractivity contribution >= 4 is 23.4 Å². The molecule has 2 aromatic carbocycles. The summed E-state index contributed by atoms with van der Waals surface area (Å²) in [4.78, 5) is 0. The van der Waals surface area contributed by atoms with E-state index >= 15 is 0 Å². The van der Waals surface area contributed by atoms with Gasteiger partial charge in [0.25, 0.3) is 0 Å². The van der Waals surface area contributed by atoms with Crippen LogP contribution < -0.4 is 9.47 Å². The number of thioether (sulfide) groups is 1. The molecule has 0 radical (unpaired) electrons. The molecular weight excluding hydrogens is 356 g/mol. The first-order chi connectivity index (χ1) is 12.2. The van der Waals surface area contributed by atoms with Gasteiger partial charge >= 0.3 is 0 Å². The predicted octanol–water partition coefficient (Wildman–Crippen LogP) is 5.11. The molecule has 128 valence electrons. The third-order valence-electron chi connectivity index (χ3n) is 3.62. The molecule has 0 bridgehead atoms. The average molecular weight is 373 g/mol. The number of methoxy groups -OCH3 is 2. The van der Waals surface area contributed by atoms with E-state index in [0.717, 1.165) is 27.1 Å². The molecule has 0 amide bonds. The van der Waals surface area contributed by atoms with E-state index in [2.05, 4.69) is 10.2 Å². The maximum Gasteiger partial charge on any atom is 0.161 e. The second-order valence-electron chi connectivity index (χ2n) is 5.24. The Balaban J connectivity index is 1.70. The Kier molecular flexibility index (Phi) is 5.79. The van der Waals surface area contributed by atoms with Crippen molar-refractivity contribution in [1.29, 1.82) is 0 Å². The van der Waals surface area contributed by atoms with E-state index in [1.165, 1.54) is 5.56 Å². The van der Waals surface area contributed by atoms with Crippen LogP contribution >= 0.6 is 23.4 Å². The van der Waals surface area contributed by atoms with Gasteiger partial charge in [0.05, 0.1) is 19.9 Å². The molecule has 0 saturated heterocycles. The second kappa shape index (κ2) is 8.23. The third kappa shape index (κ3) is 4.44. The first kappa shape index (κ1) is 17.6. The topological polar surface area (TPSA) is 44.2 Å². The predicted molar refractivity (Wildman–Crippen MR) is 102 cm³/mol. The highest BCUT2D eigenvalue weighted by Crippen LogP contribution is 2.31. The third-order valence-corrected chi connectivity index (χ3v) is 4.86. The molecule has 0 spiro atoms. The first-order valence-electron chi connectivity index (χ1n) is 7.63. The van der Waals surface area contributed by atoms with Crippen LogP contribution in [0.25, 0.3) is 11.3 Å². The average Bonchev–Trinajstić information content (AvgIpc) is 2.67. The lowest BCUT2D eigenvalue weighted by atomic mass is 10.1. The zero-order chi connectivity index (χ0) is 17.6. The summed E-state index contributed by atoms with van der Waals surface area (Å²) in [6, 6.07) is 17.4. The van der Waals surface area contributed by atoms with Crippen molar-refractivity contribution in [3.63, 3.8) is 0 Å². The molecule has 25 heavy (non-hydrogen) atoms. The highest BCUT2D eigenvalue weighted by Gasteiger charge is 2.08. The van der Waals surface area contributed by atoms with Crippen molar-refractivity contribution < 1.29 is 9.47 Å². The van der Waals surface area contributed by atoms with Gasteiger partial charge in [-0.1, -0.05) is 35.5 Å². The normalized spacial score (nSPS) is 10.5. The molecule has 3 rings (SSSR count). The molecule has 1 heterocycles. The van der Waals surface area contributed by atoms with Gasteiger partial charge in [-0.25, -0.2) is 0 Å². The second-order valence-corrected chi connectivity index (χ2v) is 6.67. The maximum absolute atomic E-state index is 5.90. The zero-order valence-corrected chi connectivity index (χ0v) is 15.5. The number of hydrogen-bond donors (Lipinski definition) is 0. The summed E-state index contributed by atoms with van der Waals surface area (Å²) in [6.07, 6.45) is 0. The number of rotatable bonds is 6. The summed E-state index contributed by atoms with van der Waals surface area (Å²) in [7, 11) is 3.23. The van der Waals surface area contributed by atoms with Crippen molar-refractivity contribution in [2.24, 2.45) is 0 Å². The Morgan fingerprint density at radius 3 is 2.28 bits per heavy atom. The lowest BCUT2D eigenvalue weighted by molar-refractivity contribution is 0.355. The number of halogens is 1. The number of nitrogens with zero attached hydrogens (tertiary/aromatic N) is 2. The quantitative estimate of drug-likeness (QED) is 0.563. The Morgan fingerprint density at radius 2 is 1.64 bits per heavy atom. The van der Waals surface area contributed by atoms with E-state index in [-0.39, 0.29) is 0 Å². The van der Waals surface area contributed by atoms with Gasteiger partial charge < -0.3 is 9.47 Å². The molecule has 0 aliphatic carbocycles. The van der Waals surface area contributed by atoms with E-state index in [1.54, 1.807) is 26.0 Å². The molecule has 0 unspecified atom stereocenters. The summed E-state index contributed by atoms with van der Waals surface area (Å²) in [5, 5.41) is 10.2. The summed E-state index contributed by atoms with van der Waals surface area (Å²) in [6.45, 7) is 0. The molecular formula is C19H17ClN2O2S. The van der Waals surface area contributed by atoms with Crippen molar-refractivity contribution in [3.05, 3.63) is 65.2 Å². The van der Waals surface area contributed by atoms with Crippen LogP contribution in [-0.2, 0) is 5.75 Å².